The van der Waals surface area contributed by atoms with Gasteiger partial charge in [0.15, 0.2) is 0 Å². The molecule has 5 rings (SSSR count). The summed E-state index contributed by atoms with van der Waals surface area (Å²) in [4.78, 5) is 34.4. The maximum atomic E-state index is 13.1. The van der Waals surface area contributed by atoms with Crippen LogP contribution in [0.1, 0.15) is 24.8 Å². The molecular weight excluding hydrogens is 390 g/mol. The molecule has 1 unspecified atom stereocenters. The lowest BCUT2D eigenvalue weighted by atomic mass is 9.60. The molecule has 0 aliphatic carbocycles. The number of piperidine rings is 1. The molecule has 7 nitrogen and oxygen atoms in total. The third kappa shape index (κ3) is 3.57. The van der Waals surface area contributed by atoms with Gasteiger partial charge in [-0.2, -0.15) is 0 Å². The van der Waals surface area contributed by atoms with Gasteiger partial charge in [-0.05, 0) is 43.0 Å². The van der Waals surface area contributed by atoms with E-state index in [2.05, 4.69) is 26.6 Å². The van der Waals surface area contributed by atoms with Gasteiger partial charge in [-0.3, -0.25) is 14.7 Å². The standard InChI is InChI=1S/C24H29N5O2/c30-21-24(8-12-26-21)18-28(16-19-5-4-11-25-15-19)17-23(24)9-13-29(14-10-23)22(31)27-20-6-2-1-3-7-20/h1-7,11,15H,8-10,12-14,16-18H2,(H,26,30)(H,27,31). The highest BCUT2D eigenvalue weighted by Crippen LogP contribution is 2.56. The minimum absolute atomic E-state index is 0.0591. The molecule has 1 aromatic heterocycles. The highest BCUT2D eigenvalue weighted by atomic mass is 16.2. The fourth-order valence-electron chi connectivity index (χ4n) is 5.87. The van der Waals surface area contributed by atoms with Crippen LogP contribution in [-0.2, 0) is 11.3 Å². The predicted molar refractivity (Wildman–Crippen MR) is 118 cm³/mol. The largest absolute Gasteiger partial charge is 0.356 e. The average Bonchev–Trinajstić information content (AvgIpc) is 3.30. The summed E-state index contributed by atoms with van der Waals surface area (Å²) in [7, 11) is 0. The Morgan fingerprint density at radius 1 is 1.06 bits per heavy atom. The first kappa shape index (κ1) is 20.0. The van der Waals surface area contributed by atoms with Crippen molar-refractivity contribution in [3.05, 3.63) is 60.4 Å². The maximum Gasteiger partial charge on any atom is 0.321 e. The summed E-state index contributed by atoms with van der Waals surface area (Å²) in [6.07, 6.45) is 6.28. The van der Waals surface area contributed by atoms with Crippen LogP contribution in [0.25, 0.3) is 0 Å². The Labute approximate surface area is 182 Å². The predicted octanol–water partition coefficient (Wildman–Crippen LogP) is 2.72. The van der Waals surface area contributed by atoms with E-state index in [-0.39, 0.29) is 22.8 Å². The minimum atomic E-state index is -0.350. The average molecular weight is 420 g/mol. The number of aromatic nitrogens is 1. The summed E-state index contributed by atoms with van der Waals surface area (Å²) >= 11 is 0. The van der Waals surface area contributed by atoms with Gasteiger partial charge >= 0.3 is 6.03 Å². The van der Waals surface area contributed by atoms with Gasteiger partial charge in [0.25, 0.3) is 0 Å². The molecule has 4 heterocycles. The van der Waals surface area contributed by atoms with Gasteiger partial charge in [-0.25, -0.2) is 4.79 Å². The second-order valence-corrected chi connectivity index (χ2v) is 9.16. The van der Waals surface area contributed by atoms with Crippen LogP contribution in [-0.4, -0.2) is 59.4 Å². The van der Waals surface area contributed by atoms with Crippen LogP contribution < -0.4 is 10.6 Å². The fourth-order valence-corrected chi connectivity index (χ4v) is 5.87. The molecule has 3 aliphatic rings. The molecule has 2 spiro atoms. The molecule has 31 heavy (non-hydrogen) atoms. The fraction of sp³-hybridized carbons (Fsp3) is 0.458. The first-order valence-corrected chi connectivity index (χ1v) is 11.1. The first-order chi connectivity index (χ1) is 15.1. The van der Waals surface area contributed by atoms with E-state index in [9.17, 15) is 9.59 Å². The van der Waals surface area contributed by atoms with Crippen molar-refractivity contribution in [2.24, 2.45) is 10.8 Å². The topological polar surface area (TPSA) is 77.6 Å². The van der Waals surface area contributed by atoms with Crippen molar-refractivity contribution >= 4 is 17.6 Å². The monoisotopic (exact) mass is 419 g/mol. The molecule has 162 valence electrons. The Kier molecular flexibility index (Phi) is 5.14. The van der Waals surface area contributed by atoms with Gasteiger partial charge in [0.2, 0.25) is 5.91 Å². The number of hydrogen-bond acceptors (Lipinski definition) is 4. The normalized spacial score (nSPS) is 25.2. The molecule has 1 aromatic carbocycles. The third-order valence-corrected chi connectivity index (χ3v) is 7.47. The van der Waals surface area contributed by atoms with E-state index in [1.807, 2.05) is 47.5 Å². The molecule has 3 aliphatic heterocycles. The van der Waals surface area contributed by atoms with E-state index in [4.69, 9.17) is 0 Å². The highest BCUT2D eigenvalue weighted by molar-refractivity contribution is 5.89. The lowest BCUT2D eigenvalue weighted by molar-refractivity contribution is -0.133. The molecule has 3 saturated heterocycles. The van der Waals surface area contributed by atoms with Crippen molar-refractivity contribution in [1.82, 2.24) is 20.1 Å². The van der Waals surface area contributed by atoms with E-state index in [0.29, 0.717) is 13.1 Å². The molecule has 3 amide bonds. The Morgan fingerprint density at radius 3 is 2.55 bits per heavy atom. The molecule has 2 N–H and O–H groups in total. The molecule has 3 fully saturated rings. The number of likely N-dealkylation sites (tertiary alicyclic amines) is 2. The van der Waals surface area contributed by atoms with Crippen LogP contribution in [0.4, 0.5) is 10.5 Å². The Balaban J connectivity index is 1.30. The van der Waals surface area contributed by atoms with Crippen molar-refractivity contribution in [1.29, 1.82) is 0 Å². The summed E-state index contributed by atoms with van der Waals surface area (Å²) < 4.78 is 0. The van der Waals surface area contributed by atoms with E-state index < -0.39 is 0 Å². The van der Waals surface area contributed by atoms with E-state index in [1.165, 1.54) is 5.56 Å². The Hall–Kier alpha value is -2.93. The zero-order valence-corrected chi connectivity index (χ0v) is 17.7. The maximum absolute atomic E-state index is 13.1. The molecule has 0 saturated carbocycles. The first-order valence-electron chi connectivity index (χ1n) is 11.1. The number of anilines is 1. The molecule has 7 heteroatoms. The lowest BCUT2D eigenvalue weighted by Crippen LogP contribution is -2.53. The smallest absolute Gasteiger partial charge is 0.321 e. The van der Waals surface area contributed by atoms with Crippen molar-refractivity contribution in [3.8, 4) is 0 Å². The number of para-hydroxylation sites is 1. The third-order valence-electron chi connectivity index (χ3n) is 7.47. The number of nitrogens with zero attached hydrogens (tertiary/aromatic N) is 3. The number of rotatable bonds is 3. The van der Waals surface area contributed by atoms with Crippen molar-refractivity contribution in [2.75, 3.05) is 38.0 Å². The van der Waals surface area contributed by atoms with Gasteiger partial charge < -0.3 is 15.5 Å². The Morgan fingerprint density at radius 2 is 1.87 bits per heavy atom. The van der Waals surface area contributed by atoms with E-state index in [0.717, 1.165) is 51.1 Å². The number of pyridine rings is 1. The van der Waals surface area contributed by atoms with E-state index >= 15 is 0 Å². The van der Waals surface area contributed by atoms with Crippen LogP contribution in [0.3, 0.4) is 0 Å². The number of benzene rings is 1. The van der Waals surface area contributed by atoms with Crippen molar-refractivity contribution in [3.63, 3.8) is 0 Å². The SMILES string of the molecule is O=C(Nc1ccccc1)N1CCC2(CC1)CN(Cc1cccnc1)CC21CCNC1=O. The summed E-state index contributed by atoms with van der Waals surface area (Å²) in [5.74, 6) is 0.198. The zero-order chi connectivity index (χ0) is 21.3. The number of nitrogens with one attached hydrogen (secondary N) is 2. The summed E-state index contributed by atoms with van der Waals surface area (Å²) in [5.41, 5.74) is 1.55. The Bertz CT molecular complexity index is 943. The molecular formula is C24H29N5O2. The minimum Gasteiger partial charge on any atom is -0.356 e. The number of hydrogen-bond donors (Lipinski definition) is 2. The van der Waals surface area contributed by atoms with Crippen LogP contribution in [0.15, 0.2) is 54.9 Å². The van der Waals surface area contributed by atoms with Gasteiger partial charge in [0, 0.05) is 62.8 Å². The summed E-state index contributed by atoms with van der Waals surface area (Å²) in [6.45, 7) is 4.58. The molecule has 0 bridgehead atoms. The number of amides is 3. The number of urea groups is 1. The molecule has 0 radical (unpaired) electrons. The second-order valence-electron chi connectivity index (χ2n) is 9.16. The summed E-state index contributed by atoms with van der Waals surface area (Å²) in [6, 6.07) is 13.6. The van der Waals surface area contributed by atoms with Crippen LogP contribution in [0.5, 0.6) is 0 Å². The highest BCUT2D eigenvalue weighted by Gasteiger charge is 2.63. The van der Waals surface area contributed by atoms with Crippen molar-refractivity contribution in [2.45, 2.75) is 25.8 Å². The van der Waals surface area contributed by atoms with Gasteiger partial charge in [-0.1, -0.05) is 24.3 Å². The van der Waals surface area contributed by atoms with E-state index in [1.54, 1.807) is 6.20 Å². The second kappa shape index (κ2) is 7.96. The van der Waals surface area contributed by atoms with Crippen LogP contribution in [0.2, 0.25) is 0 Å². The molecule has 1 atom stereocenters. The van der Waals surface area contributed by atoms with Crippen LogP contribution in [0, 0.1) is 10.8 Å². The number of fused-ring (bicyclic) bond motifs is 1. The number of carbonyl (C=O) groups is 2. The van der Waals surface area contributed by atoms with Crippen LogP contribution >= 0.6 is 0 Å². The zero-order valence-electron chi connectivity index (χ0n) is 17.7. The van der Waals surface area contributed by atoms with Gasteiger partial charge in [0.05, 0.1) is 5.41 Å². The number of carbonyl (C=O) groups excluding carboxylic acids is 2. The summed E-state index contributed by atoms with van der Waals surface area (Å²) in [5, 5.41) is 6.10. The van der Waals surface area contributed by atoms with Crippen molar-refractivity contribution < 1.29 is 9.59 Å². The molecule has 2 aromatic rings. The van der Waals surface area contributed by atoms with Gasteiger partial charge in [0.1, 0.15) is 0 Å². The van der Waals surface area contributed by atoms with Gasteiger partial charge in [-0.15, -0.1) is 0 Å². The lowest BCUT2D eigenvalue weighted by Gasteiger charge is -2.46. The quantitative estimate of drug-likeness (QED) is 0.802.